The van der Waals surface area contributed by atoms with Gasteiger partial charge in [-0.15, -0.1) is 11.6 Å². The van der Waals surface area contributed by atoms with Crippen LogP contribution in [0.5, 0.6) is 0 Å². The molecular weight excluding hydrogens is 336 g/mol. The van der Waals surface area contributed by atoms with E-state index in [0.29, 0.717) is 0 Å². The third-order valence-electron chi connectivity index (χ3n) is 2.65. The normalized spacial score (nSPS) is 13.9. The lowest BCUT2D eigenvalue weighted by atomic mass is 9.98. The number of aliphatic carboxylic acids is 4. The number of carbonyl (C=O) groups is 4. The van der Waals surface area contributed by atoms with Crippen molar-refractivity contribution in [2.24, 2.45) is 17.4 Å². The zero-order valence-corrected chi connectivity index (χ0v) is 13.0. The average Bonchev–Trinajstić information content (AvgIpc) is 2.44. The second-order valence-electron chi connectivity index (χ2n) is 4.57. The summed E-state index contributed by atoms with van der Waals surface area (Å²) in [5.74, 6) is -5.04. The second-order valence-corrected chi connectivity index (χ2v) is 4.95. The molecule has 0 aromatic rings. The van der Waals surface area contributed by atoms with E-state index in [1.54, 1.807) is 0 Å². The molecule has 8 N–H and O–H groups in total. The Hall–Kier alpha value is -1.91. The van der Waals surface area contributed by atoms with Crippen LogP contribution in [0.1, 0.15) is 25.7 Å². The predicted molar refractivity (Wildman–Crippen MR) is 79.2 cm³/mol. The summed E-state index contributed by atoms with van der Waals surface area (Å²) in [5, 5.41) is 33.3. The molecule has 23 heavy (non-hydrogen) atoms. The van der Waals surface area contributed by atoms with Gasteiger partial charge in [-0.1, -0.05) is 0 Å². The van der Waals surface area contributed by atoms with E-state index in [2.05, 4.69) is 0 Å². The molecule has 0 aliphatic heterocycles. The number of hydrogen-bond donors (Lipinski definition) is 6. The molecule has 3 unspecified atom stereocenters. The van der Waals surface area contributed by atoms with Gasteiger partial charge < -0.3 is 31.9 Å². The van der Waals surface area contributed by atoms with Crippen LogP contribution in [0, 0.1) is 5.92 Å². The number of carboxylic acids is 4. The molecule has 0 bridgehead atoms. The Labute approximate surface area is 137 Å². The van der Waals surface area contributed by atoms with Crippen LogP contribution in [0.2, 0.25) is 0 Å². The van der Waals surface area contributed by atoms with E-state index in [0.717, 1.165) is 0 Å². The average molecular weight is 357 g/mol. The van der Waals surface area contributed by atoms with Crippen LogP contribution < -0.4 is 11.5 Å². The summed E-state index contributed by atoms with van der Waals surface area (Å²) < 4.78 is 0. The van der Waals surface area contributed by atoms with Crippen molar-refractivity contribution in [3.8, 4) is 0 Å². The Kier molecular flexibility index (Phi) is 12.8. The first-order valence-corrected chi connectivity index (χ1v) is 7.03. The standard InChI is InChI=1S/C7H12ClNO4.C5H9NO4/c8-2-1-4(6(10)11)3-5(9)7(12)13;6-3(5(9)10)1-2-4(7)8/h4-5H,1-3,9H2,(H,10,11)(H,12,13);3H,1-2,6H2,(H,7,8)(H,9,10). The van der Waals surface area contributed by atoms with Gasteiger partial charge in [0, 0.05) is 12.3 Å². The first-order chi connectivity index (χ1) is 10.5. The van der Waals surface area contributed by atoms with E-state index in [1.165, 1.54) is 0 Å². The Morgan fingerprint density at radius 3 is 1.61 bits per heavy atom. The molecule has 0 aromatic carbocycles. The smallest absolute Gasteiger partial charge is 0.320 e. The first kappa shape index (κ1) is 23.4. The molecule has 0 fully saturated rings. The minimum absolute atomic E-state index is 0.0231. The largest absolute Gasteiger partial charge is 0.481 e. The SMILES string of the molecule is NC(CC(CCCl)C(=O)O)C(=O)O.NC(CCC(=O)O)C(=O)O. The molecular formula is C12H21ClN2O8. The van der Waals surface area contributed by atoms with Crippen LogP contribution >= 0.6 is 11.6 Å². The molecule has 134 valence electrons. The van der Waals surface area contributed by atoms with E-state index >= 15 is 0 Å². The van der Waals surface area contributed by atoms with E-state index < -0.39 is 41.9 Å². The summed E-state index contributed by atoms with van der Waals surface area (Å²) in [7, 11) is 0. The zero-order valence-electron chi connectivity index (χ0n) is 12.2. The van der Waals surface area contributed by atoms with Gasteiger partial charge in [-0.2, -0.15) is 0 Å². The fourth-order valence-electron chi connectivity index (χ4n) is 1.28. The number of halogens is 1. The maximum absolute atomic E-state index is 10.5. The van der Waals surface area contributed by atoms with Crippen molar-refractivity contribution in [3.63, 3.8) is 0 Å². The number of nitrogens with two attached hydrogens (primary N) is 2. The topological polar surface area (TPSA) is 201 Å². The molecule has 0 aliphatic carbocycles. The number of hydrogen-bond acceptors (Lipinski definition) is 6. The monoisotopic (exact) mass is 356 g/mol. The lowest BCUT2D eigenvalue weighted by Gasteiger charge is -2.12. The van der Waals surface area contributed by atoms with Gasteiger partial charge in [0.25, 0.3) is 0 Å². The molecule has 0 spiro atoms. The molecule has 0 aromatic heterocycles. The molecule has 11 heteroatoms. The molecule has 0 rings (SSSR count). The quantitative estimate of drug-likeness (QED) is 0.274. The van der Waals surface area contributed by atoms with Gasteiger partial charge in [0.2, 0.25) is 0 Å². The highest BCUT2D eigenvalue weighted by Crippen LogP contribution is 2.12. The van der Waals surface area contributed by atoms with Crippen LogP contribution in [0.15, 0.2) is 0 Å². The lowest BCUT2D eigenvalue weighted by molar-refractivity contribution is -0.144. The zero-order chi connectivity index (χ0) is 18.6. The minimum atomic E-state index is -1.19. The van der Waals surface area contributed by atoms with Crippen LogP contribution in [0.4, 0.5) is 0 Å². The maximum atomic E-state index is 10.5. The summed E-state index contributed by atoms with van der Waals surface area (Å²) in [6.07, 6.45) is -0.0760. The third kappa shape index (κ3) is 13.5. The van der Waals surface area contributed by atoms with Gasteiger partial charge in [0.15, 0.2) is 0 Å². The predicted octanol–water partition coefficient (Wildman–Crippen LogP) is -0.619. The molecule has 0 amide bonds. The van der Waals surface area contributed by atoms with Gasteiger partial charge in [0.05, 0.1) is 5.92 Å². The summed E-state index contributed by atoms with van der Waals surface area (Å²) in [4.78, 5) is 40.7. The van der Waals surface area contributed by atoms with Gasteiger partial charge in [-0.05, 0) is 19.3 Å². The van der Waals surface area contributed by atoms with Crippen LogP contribution in [0.3, 0.4) is 0 Å². The maximum Gasteiger partial charge on any atom is 0.320 e. The van der Waals surface area contributed by atoms with Gasteiger partial charge in [-0.25, -0.2) is 0 Å². The number of rotatable bonds is 10. The Morgan fingerprint density at radius 2 is 1.30 bits per heavy atom. The van der Waals surface area contributed by atoms with E-state index in [9.17, 15) is 19.2 Å². The number of carboxylic acid groups (broad SMARTS) is 4. The van der Waals surface area contributed by atoms with Gasteiger partial charge in [0.1, 0.15) is 12.1 Å². The molecule has 3 atom stereocenters. The molecule has 0 aliphatic rings. The number of alkyl halides is 1. The van der Waals surface area contributed by atoms with Crippen molar-refractivity contribution in [2.75, 3.05) is 5.88 Å². The van der Waals surface area contributed by atoms with Crippen molar-refractivity contribution in [2.45, 2.75) is 37.8 Å². The Bertz CT molecular complexity index is 418. The van der Waals surface area contributed by atoms with Crippen LogP contribution in [-0.2, 0) is 19.2 Å². The molecule has 0 saturated heterocycles. The summed E-state index contributed by atoms with van der Waals surface area (Å²) in [5.41, 5.74) is 10.2. The fraction of sp³-hybridized carbons (Fsp3) is 0.667. The summed E-state index contributed by atoms with van der Waals surface area (Å²) in [6.45, 7) is 0. The fourth-order valence-corrected chi connectivity index (χ4v) is 1.55. The Morgan fingerprint density at radius 1 is 0.826 bits per heavy atom. The molecule has 0 radical (unpaired) electrons. The molecule has 10 nitrogen and oxygen atoms in total. The highest BCUT2D eigenvalue weighted by atomic mass is 35.5. The van der Waals surface area contributed by atoms with E-state index in [1.807, 2.05) is 0 Å². The van der Waals surface area contributed by atoms with Crippen molar-refractivity contribution in [3.05, 3.63) is 0 Å². The summed E-state index contributed by atoms with van der Waals surface area (Å²) in [6, 6.07) is -2.19. The van der Waals surface area contributed by atoms with Gasteiger partial charge >= 0.3 is 23.9 Å². The van der Waals surface area contributed by atoms with E-state index in [-0.39, 0.29) is 31.6 Å². The van der Waals surface area contributed by atoms with Crippen molar-refractivity contribution >= 4 is 35.5 Å². The van der Waals surface area contributed by atoms with Gasteiger partial charge in [-0.3, -0.25) is 19.2 Å². The lowest BCUT2D eigenvalue weighted by Crippen LogP contribution is -2.34. The van der Waals surface area contributed by atoms with E-state index in [4.69, 9.17) is 43.5 Å². The molecule has 0 saturated carbocycles. The Balaban J connectivity index is 0. The van der Waals surface area contributed by atoms with Crippen LogP contribution in [0.25, 0.3) is 0 Å². The second kappa shape index (κ2) is 12.6. The van der Waals surface area contributed by atoms with Crippen LogP contribution in [-0.4, -0.2) is 62.3 Å². The van der Waals surface area contributed by atoms with Crippen molar-refractivity contribution < 1.29 is 39.6 Å². The van der Waals surface area contributed by atoms with Crippen molar-refractivity contribution in [1.82, 2.24) is 0 Å². The third-order valence-corrected chi connectivity index (χ3v) is 2.87. The minimum Gasteiger partial charge on any atom is -0.481 e. The highest BCUT2D eigenvalue weighted by Gasteiger charge is 2.23. The summed E-state index contributed by atoms with van der Waals surface area (Å²) >= 11 is 5.35. The molecule has 0 heterocycles. The highest BCUT2D eigenvalue weighted by molar-refractivity contribution is 6.17. The first-order valence-electron chi connectivity index (χ1n) is 6.50. The van der Waals surface area contributed by atoms with Crippen molar-refractivity contribution in [1.29, 1.82) is 0 Å².